The molecule has 0 radical (unpaired) electrons. The van der Waals surface area contributed by atoms with Gasteiger partial charge in [-0.2, -0.15) is 0 Å². The number of fused-ring (bicyclic) bond motifs is 1. The lowest BCUT2D eigenvalue weighted by Crippen LogP contribution is -2.38. The average molecular weight is 321 g/mol. The van der Waals surface area contributed by atoms with Gasteiger partial charge in [0.1, 0.15) is 5.75 Å². The number of aryl methyl sites for hydroxylation is 2. The summed E-state index contributed by atoms with van der Waals surface area (Å²) in [5.74, 6) is 1.33. The summed E-state index contributed by atoms with van der Waals surface area (Å²) in [5.41, 5.74) is 6.55. The fourth-order valence-electron chi connectivity index (χ4n) is 3.99. The molecular weight excluding hydrogens is 294 g/mol. The van der Waals surface area contributed by atoms with Crippen molar-refractivity contribution >= 4 is 0 Å². The second-order valence-corrected chi connectivity index (χ2v) is 7.73. The van der Waals surface area contributed by atoms with Gasteiger partial charge in [-0.1, -0.05) is 35.9 Å². The number of hydrogen-bond donors (Lipinski definition) is 1. The van der Waals surface area contributed by atoms with Crippen LogP contribution in [0.2, 0.25) is 0 Å². The molecule has 1 fully saturated rings. The van der Waals surface area contributed by atoms with Crippen molar-refractivity contribution in [3.8, 4) is 5.75 Å². The predicted octanol–water partition coefficient (Wildman–Crippen LogP) is 4.56. The Balaban J connectivity index is 1.65. The van der Waals surface area contributed by atoms with Crippen LogP contribution in [0.3, 0.4) is 0 Å². The first-order chi connectivity index (χ1) is 11.6. The van der Waals surface area contributed by atoms with Gasteiger partial charge < -0.3 is 5.11 Å². The van der Waals surface area contributed by atoms with Gasteiger partial charge >= 0.3 is 0 Å². The molecule has 1 aliphatic heterocycles. The fourth-order valence-corrected chi connectivity index (χ4v) is 3.99. The van der Waals surface area contributed by atoms with Crippen LogP contribution in [0, 0.1) is 19.8 Å². The maximum absolute atomic E-state index is 10.1. The number of aromatic hydroxyl groups is 1. The van der Waals surface area contributed by atoms with Gasteiger partial charge in [0.05, 0.1) is 0 Å². The third kappa shape index (κ3) is 3.21. The number of nitrogens with zero attached hydrogens (tertiary/aromatic N) is 1. The van der Waals surface area contributed by atoms with Gasteiger partial charge in [0.15, 0.2) is 0 Å². The van der Waals surface area contributed by atoms with E-state index in [1.54, 1.807) is 0 Å². The topological polar surface area (TPSA) is 23.5 Å². The highest BCUT2D eigenvalue weighted by Gasteiger charge is 2.32. The second kappa shape index (κ2) is 6.25. The molecule has 4 rings (SSSR count). The van der Waals surface area contributed by atoms with Gasteiger partial charge in [0, 0.05) is 19.1 Å². The van der Waals surface area contributed by atoms with E-state index in [1.807, 2.05) is 19.1 Å². The van der Waals surface area contributed by atoms with Gasteiger partial charge in [0.2, 0.25) is 0 Å². The predicted molar refractivity (Wildman–Crippen MR) is 98.5 cm³/mol. The Bertz CT molecular complexity index is 748. The van der Waals surface area contributed by atoms with Crippen molar-refractivity contribution in [1.82, 2.24) is 4.90 Å². The normalized spacial score (nSPS) is 20.8. The van der Waals surface area contributed by atoms with Crippen LogP contribution in [0.25, 0.3) is 0 Å². The van der Waals surface area contributed by atoms with Crippen LogP contribution in [0.5, 0.6) is 5.75 Å². The smallest absolute Gasteiger partial charge is 0.118 e. The Kier molecular flexibility index (Phi) is 4.09. The molecule has 2 aromatic rings. The molecule has 2 heteroatoms. The molecule has 2 aromatic carbocycles. The number of rotatable bonds is 4. The van der Waals surface area contributed by atoms with E-state index in [1.165, 1.54) is 48.1 Å². The molecule has 1 N–H and O–H groups in total. The quantitative estimate of drug-likeness (QED) is 0.892. The molecule has 0 aromatic heterocycles. The molecule has 1 heterocycles. The minimum Gasteiger partial charge on any atom is -0.508 e. The second-order valence-electron chi connectivity index (χ2n) is 7.73. The third-order valence-corrected chi connectivity index (χ3v) is 5.66. The summed E-state index contributed by atoms with van der Waals surface area (Å²) in [7, 11) is 0. The lowest BCUT2D eigenvalue weighted by molar-refractivity contribution is 0.175. The summed E-state index contributed by atoms with van der Waals surface area (Å²) in [6.07, 6.45) is 4.95. The highest BCUT2D eigenvalue weighted by molar-refractivity contribution is 5.39. The van der Waals surface area contributed by atoms with E-state index in [0.717, 1.165) is 24.4 Å². The summed E-state index contributed by atoms with van der Waals surface area (Å²) in [6.45, 7) is 6.53. The minimum absolute atomic E-state index is 0.418. The first-order valence-corrected chi connectivity index (χ1v) is 9.22. The van der Waals surface area contributed by atoms with Crippen molar-refractivity contribution < 1.29 is 5.11 Å². The molecule has 2 aliphatic rings. The minimum atomic E-state index is 0.418. The number of hydrogen-bond acceptors (Lipinski definition) is 2. The molecular formula is C22H27NO. The third-order valence-electron chi connectivity index (χ3n) is 5.66. The molecule has 0 bridgehead atoms. The SMILES string of the molecule is Cc1ccc2c(c1)CCN(CC1CC1)[C@@H]2Cc1ccc(C)c(O)c1. The van der Waals surface area contributed by atoms with Crippen LogP contribution < -0.4 is 0 Å². The first kappa shape index (κ1) is 15.7. The van der Waals surface area contributed by atoms with Crippen molar-refractivity contribution in [2.75, 3.05) is 13.1 Å². The molecule has 0 unspecified atom stereocenters. The Morgan fingerprint density at radius 2 is 1.92 bits per heavy atom. The zero-order chi connectivity index (χ0) is 16.7. The Labute approximate surface area is 145 Å². The summed E-state index contributed by atoms with van der Waals surface area (Å²) in [4.78, 5) is 2.69. The van der Waals surface area contributed by atoms with Crippen LogP contribution in [-0.2, 0) is 12.8 Å². The Morgan fingerprint density at radius 1 is 1.08 bits per heavy atom. The molecule has 1 saturated carbocycles. The van der Waals surface area contributed by atoms with Crippen molar-refractivity contribution in [1.29, 1.82) is 0 Å². The maximum atomic E-state index is 10.1. The fraction of sp³-hybridized carbons (Fsp3) is 0.455. The van der Waals surface area contributed by atoms with Crippen molar-refractivity contribution in [2.45, 2.75) is 45.6 Å². The highest BCUT2D eigenvalue weighted by atomic mass is 16.3. The first-order valence-electron chi connectivity index (χ1n) is 9.22. The van der Waals surface area contributed by atoms with E-state index in [0.29, 0.717) is 11.8 Å². The highest BCUT2D eigenvalue weighted by Crippen LogP contribution is 2.38. The Morgan fingerprint density at radius 3 is 2.67 bits per heavy atom. The summed E-state index contributed by atoms with van der Waals surface area (Å²) in [6, 6.07) is 13.6. The van der Waals surface area contributed by atoms with Gasteiger partial charge in [-0.3, -0.25) is 4.90 Å². The van der Waals surface area contributed by atoms with Crippen LogP contribution in [-0.4, -0.2) is 23.1 Å². The van der Waals surface area contributed by atoms with Crippen LogP contribution in [0.15, 0.2) is 36.4 Å². The van der Waals surface area contributed by atoms with Gasteiger partial charge in [-0.25, -0.2) is 0 Å². The average Bonchev–Trinajstić information content (AvgIpc) is 3.37. The summed E-state index contributed by atoms with van der Waals surface area (Å²) < 4.78 is 0. The zero-order valence-corrected chi connectivity index (χ0v) is 14.8. The summed E-state index contributed by atoms with van der Waals surface area (Å²) in [5, 5.41) is 10.1. The summed E-state index contributed by atoms with van der Waals surface area (Å²) >= 11 is 0. The standard InChI is InChI=1S/C22H27NO/c1-15-3-8-20-19(11-15)9-10-23(14-17-6-7-17)21(20)12-18-5-4-16(2)22(24)13-18/h3-5,8,11,13,17,21,24H,6-7,9-10,12,14H2,1-2H3/t21-/m1/s1. The lowest BCUT2D eigenvalue weighted by Gasteiger charge is -2.38. The molecule has 0 spiro atoms. The van der Waals surface area contributed by atoms with E-state index >= 15 is 0 Å². The van der Waals surface area contributed by atoms with E-state index < -0.39 is 0 Å². The van der Waals surface area contributed by atoms with E-state index in [9.17, 15) is 5.11 Å². The van der Waals surface area contributed by atoms with Crippen molar-refractivity contribution in [3.05, 3.63) is 64.2 Å². The zero-order valence-electron chi connectivity index (χ0n) is 14.8. The molecule has 2 nitrogen and oxygen atoms in total. The van der Waals surface area contributed by atoms with Crippen LogP contribution in [0.1, 0.15) is 46.7 Å². The van der Waals surface area contributed by atoms with Crippen LogP contribution >= 0.6 is 0 Å². The lowest BCUT2D eigenvalue weighted by atomic mass is 9.87. The largest absolute Gasteiger partial charge is 0.508 e. The maximum Gasteiger partial charge on any atom is 0.118 e. The van der Waals surface area contributed by atoms with Crippen molar-refractivity contribution in [3.63, 3.8) is 0 Å². The molecule has 0 saturated heterocycles. The van der Waals surface area contributed by atoms with E-state index in [2.05, 4.69) is 36.1 Å². The molecule has 1 aliphatic carbocycles. The van der Waals surface area contributed by atoms with Gasteiger partial charge in [-0.15, -0.1) is 0 Å². The Hall–Kier alpha value is -1.80. The number of benzene rings is 2. The molecule has 1 atom stereocenters. The molecule has 126 valence electrons. The van der Waals surface area contributed by atoms with Gasteiger partial charge in [-0.05, 0) is 73.8 Å². The van der Waals surface area contributed by atoms with Crippen molar-refractivity contribution in [2.24, 2.45) is 5.92 Å². The van der Waals surface area contributed by atoms with Gasteiger partial charge in [0.25, 0.3) is 0 Å². The molecule has 24 heavy (non-hydrogen) atoms. The number of phenolic OH excluding ortho intramolecular Hbond substituents is 1. The van der Waals surface area contributed by atoms with Crippen LogP contribution in [0.4, 0.5) is 0 Å². The van der Waals surface area contributed by atoms with E-state index in [-0.39, 0.29) is 0 Å². The monoisotopic (exact) mass is 321 g/mol. The van der Waals surface area contributed by atoms with E-state index in [4.69, 9.17) is 0 Å². The number of phenols is 1. The molecule has 0 amide bonds.